The highest BCUT2D eigenvalue weighted by molar-refractivity contribution is 6.31. The van der Waals surface area contributed by atoms with Gasteiger partial charge in [-0.2, -0.15) is 0 Å². The summed E-state index contributed by atoms with van der Waals surface area (Å²) in [6.45, 7) is 0. The number of halogens is 1. The molecule has 2 amide bonds. The highest BCUT2D eigenvalue weighted by Crippen LogP contribution is 2.64. The summed E-state index contributed by atoms with van der Waals surface area (Å²) in [5, 5.41) is 13.2. The van der Waals surface area contributed by atoms with E-state index in [1.54, 1.807) is 42.5 Å². The van der Waals surface area contributed by atoms with Crippen LogP contribution in [0.25, 0.3) is 0 Å². The van der Waals surface area contributed by atoms with Crippen molar-refractivity contribution in [3.05, 3.63) is 110 Å². The number of hydrogen-bond donors (Lipinski definition) is 0. The molecule has 3 aromatic carbocycles. The molecule has 0 aromatic heterocycles. The fraction of sp³-hybridized carbons (Fsp3) is 0.167. The summed E-state index contributed by atoms with van der Waals surface area (Å²) < 4.78 is 0. The van der Waals surface area contributed by atoms with E-state index >= 15 is 0 Å². The van der Waals surface area contributed by atoms with Crippen LogP contribution in [0.15, 0.2) is 72.8 Å². The van der Waals surface area contributed by atoms with Gasteiger partial charge < -0.3 is 0 Å². The third kappa shape index (κ3) is 2.03. The number of anilines is 1. The van der Waals surface area contributed by atoms with Crippen molar-refractivity contribution in [2.24, 2.45) is 11.8 Å². The van der Waals surface area contributed by atoms with E-state index in [4.69, 9.17) is 11.6 Å². The Morgan fingerprint density at radius 3 is 2.06 bits per heavy atom. The predicted octanol–water partition coefficient (Wildman–Crippen LogP) is 4.13. The van der Waals surface area contributed by atoms with E-state index in [-0.39, 0.29) is 4.92 Å². The molecule has 31 heavy (non-hydrogen) atoms. The zero-order valence-electron chi connectivity index (χ0n) is 16.1. The molecule has 1 heterocycles. The van der Waals surface area contributed by atoms with Gasteiger partial charge in [0.05, 0.1) is 11.6 Å². The molecule has 0 N–H and O–H groups in total. The van der Waals surface area contributed by atoms with Gasteiger partial charge in [-0.05, 0) is 29.3 Å². The van der Waals surface area contributed by atoms with Crippen molar-refractivity contribution in [3.63, 3.8) is 0 Å². The Balaban J connectivity index is 1.68. The van der Waals surface area contributed by atoms with E-state index in [0.717, 1.165) is 16.0 Å². The fourth-order valence-corrected chi connectivity index (χ4v) is 6.10. The highest BCUT2D eigenvalue weighted by atomic mass is 35.5. The molecular weight excluding hydrogens is 416 g/mol. The Kier molecular flexibility index (Phi) is 3.55. The van der Waals surface area contributed by atoms with Gasteiger partial charge in [-0.25, -0.2) is 4.90 Å². The van der Waals surface area contributed by atoms with Gasteiger partial charge in [-0.3, -0.25) is 19.7 Å². The predicted molar refractivity (Wildman–Crippen MR) is 113 cm³/mol. The number of carbonyl (C=O) groups excluding carboxylic acids is 2. The molecule has 7 rings (SSSR count). The monoisotopic (exact) mass is 430 g/mol. The van der Waals surface area contributed by atoms with Crippen LogP contribution in [0, 0.1) is 22.0 Å². The van der Waals surface area contributed by atoms with E-state index in [0.29, 0.717) is 21.8 Å². The minimum atomic E-state index is -1.81. The van der Waals surface area contributed by atoms with E-state index in [9.17, 15) is 19.7 Å². The number of benzene rings is 3. The quantitative estimate of drug-likeness (QED) is 0.348. The van der Waals surface area contributed by atoms with Gasteiger partial charge in [-0.15, -0.1) is 0 Å². The molecule has 3 aromatic rings. The largest absolute Gasteiger partial charge is 0.285 e. The van der Waals surface area contributed by atoms with Gasteiger partial charge in [0.2, 0.25) is 11.8 Å². The van der Waals surface area contributed by atoms with E-state index in [1.165, 1.54) is 6.07 Å². The first-order chi connectivity index (χ1) is 15.0. The Labute approximate surface area is 182 Å². The summed E-state index contributed by atoms with van der Waals surface area (Å²) in [5.41, 5.74) is 1.01. The van der Waals surface area contributed by atoms with Crippen LogP contribution in [0.4, 0.5) is 5.69 Å². The molecule has 4 aliphatic rings. The molecule has 3 aliphatic carbocycles. The van der Waals surface area contributed by atoms with Crippen LogP contribution in [0.2, 0.25) is 5.02 Å². The maximum Gasteiger partial charge on any atom is 0.285 e. The van der Waals surface area contributed by atoms with Crippen LogP contribution in [0.1, 0.15) is 28.2 Å². The Bertz CT molecular complexity index is 1270. The maximum atomic E-state index is 13.7. The van der Waals surface area contributed by atoms with Gasteiger partial charge >= 0.3 is 0 Å². The van der Waals surface area contributed by atoms with Crippen LogP contribution in [0.5, 0.6) is 0 Å². The molecule has 0 radical (unpaired) electrons. The van der Waals surface area contributed by atoms with Crippen LogP contribution < -0.4 is 4.90 Å². The van der Waals surface area contributed by atoms with Crippen LogP contribution in [-0.2, 0) is 15.1 Å². The summed E-state index contributed by atoms with van der Waals surface area (Å²) in [6.07, 6.45) is 0. The molecule has 0 spiro atoms. The topological polar surface area (TPSA) is 80.5 Å². The number of nitrogens with zero attached hydrogens (tertiary/aromatic N) is 2. The van der Waals surface area contributed by atoms with Crippen LogP contribution in [-0.4, -0.2) is 16.7 Å². The Morgan fingerprint density at radius 2 is 1.48 bits per heavy atom. The number of nitro groups is 1. The van der Waals surface area contributed by atoms with Gasteiger partial charge in [0, 0.05) is 27.0 Å². The molecule has 1 aliphatic heterocycles. The first-order valence-electron chi connectivity index (χ1n) is 9.94. The van der Waals surface area contributed by atoms with Crippen molar-refractivity contribution in [2.75, 3.05) is 4.90 Å². The molecule has 7 heteroatoms. The first kappa shape index (κ1) is 18.3. The average molecular weight is 431 g/mol. The average Bonchev–Trinajstić information content (AvgIpc) is 3.04. The number of rotatable bonds is 2. The van der Waals surface area contributed by atoms with E-state index in [2.05, 4.69) is 0 Å². The van der Waals surface area contributed by atoms with Crippen molar-refractivity contribution in [3.8, 4) is 0 Å². The second-order valence-corrected chi connectivity index (χ2v) is 8.61. The third-order valence-corrected chi connectivity index (χ3v) is 7.16. The van der Waals surface area contributed by atoms with Crippen molar-refractivity contribution >= 4 is 29.1 Å². The number of amides is 2. The zero-order chi connectivity index (χ0) is 21.5. The molecule has 0 unspecified atom stereocenters. The fourth-order valence-electron chi connectivity index (χ4n) is 5.91. The van der Waals surface area contributed by atoms with Crippen molar-refractivity contribution in [2.45, 2.75) is 11.5 Å². The number of hydrogen-bond acceptors (Lipinski definition) is 4. The van der Waals surface area contributed by atoms with E-state index < -0.39 is 35.1 Å². The lowest BCUT2D eigenvalue weighted by Gasteiger charge is -2.48. The van der Waals surface area contributed by atoms with Crippen LogP contribution >= 0.6 is 11.6 Å². The normalized spacial score (nSPS) is 27.6. The van der Waals surface area contributed by atoms with Crippen molar-refractivity contribution < 1.29 is 14.5 Å². The minimum absolute atomic E-state index is 0.336. The summed E-state index contributed by atoms with van der Waals surface area (Å²) in [5.74, 6) is -3.36. The lowest BCUT2D eigenvalue weighted by atomic mass is 9.51. The van der Waals surface area contributed by atoms with Gasteiger partial charge in [-0.1, -0.05) is 66.2 Å². The second kappa shape index (κ2) is 6.02. The van der Waals surface area contributed by atoms with Gasteiger partial charge in [0.25, 0.3) is 5.54 Å². The summed E-state index contributed by atoms with van der Waals surface area (Å²) in [6, 6.07) is 20.7. The SMILES string of the molecule is O=C1[C@@H]2C3c4ccccc4C([N+](=O)[O-])(c4ccccc43)[C@H]2C(=O)N1c1cccc(Cl)c1. The zero-order valence-corrected chi connectivity index (χ0v) is 16.8. The molecule has 1 fully saturated rings. The summed E-state index contributed by atoms with van der Waals surface area (Å²) >= 11 is 6.11. The molecule has 2 atom stereocenters. The molecule has 6 nitrogen and oxygen atoms in total. The van der Waals surface area contributed by atoms with Crippen LogP contribution in [0.3, 0.4) is 0 Å². The second-order valence-electron chi connectivity index (χ2n) is 8.17. The molecule has 152 valence electrons. The molecule has 1 saturated heterocycles. The summed E-state index contributed by atoms with van der Waals surface area (Å²) in [7, 11) is 0. The standard InChI is InChI=1S/C24H15ClN2O4/c25-13-6-5-7-14(12-13)26-22(28)20-19-15-8-1-3-10-17(15)24(27(30)31,21(20)23(26)29)18-11-4-2-9-16(18)19/h1-12,19-21H/t19?,20-,21-,24?/m1/s1. The summed E-state index contributed by atoms with van der Waals surface area (Å²) in [4.78, 5) is 41.0. The highest BCUT2D eigenvalue weighted by Gasteiger charge is 2.74. The lowest BCUT2D eigenvalue weighted by molar-refractivity contribution is -0.578. The maximum absolute atomic E-state index is 13.7. The molecule has 2 bridgehead atoms. The lowest BCUT2D eigenvalue weighted by Crippen LogP contribution is -2.57. The number of carbonyl (C=O) groups is 2. The molecular formula is C24H15ClN2O4. The Morgan fingerprint density at radius 1 is 0.871 bits per heavy atom. The number of imide groups is 1. The van der Waals surface area contributed by atoms with Crippen molar-refractivity contribution in [1.82, 2.24) is 0 Å². The van der Waals surface area contributed by atoms with Gasteiger partial charge in [0.1, 0.15) is 5.92 Å². The first-order valence-corrected chi connectivity index (χ1v) is 10.3. The Hall–Kier alpha value is -3.51. The van der Waals surface area contributed by atoms with Gasteiger partial charge in [0.15, 0.2) is 0 Å². The van der Waals surface area contributed by atoms with E-state index in [1.807, 2.05) is 24.3 Å². The molecule has 0 saturated carbocycles. The minimum Gasteiger partial charge on any atom is -0.274 e. The van der Waals surface area contributed by atoms with Crippen molar-refractivity contribution in [1.29, 1.82) is 0 Å². The third-order valence-electron chi connectivity index (χ3n) is 6.93. The smallest absolute Gasteiger partial charge is 0.274 e.